The number of nitrogens with zero attached hydrogens (tertiary/aromatic N) is 1. The van der Waals surface area contributed by atoms with Gasteiger partial charge in [0.1, 0.15) is 0 Å². The molecule has 2 aromatic carbocycles. The van der Waals surface area contributed by atoms with Crippen molar-refractivity contribution in [1.82, 2.24) is 4.57 Å². The van der Waals surface area contributed by atoms with Gasteiger partial charge in [-0.2, -0.15) is 0 Å². The fourth-order valence-electron chi connectivity index (χ4n) is 3.72. The van der Waals surface area contributed by atoms with Gasteiger partial charge in [-0.25, -0.2) is 0 Å². The molecule has 0 unspecified atom stereocenters. The van der Waals surface area contributed by atoms with E-state index in [1.165, 1.54) is 65.0 Å². The quantitative estimate of drug-likeness (QED) is 0.474. The molecule has 22 heavy (non-hydrogen) atoms. The highest BCUT2D eigenvalue weighted by Gasteiger charge is 2.14. The maximum atomic E-state index is 2.47. The number of rotatable bonds is 6. The van der Waals surface area contributed by atoms with Crippen LogP contribution in [-0.2, 0) is 13.0 Å². The average Bonchev–Trinajstić information content (AvgIpc) is 2.87. The monoisotopic (exact) mass is 293 g/mol. The summed E-state index contributed by atoms with van der Waals surface area (Å²) in [5.74, 6) is 0. The fraction of sp³-hybridized carbons (Fsp3) is 0.429. The van der Waals surface area contributed by atoms with E-state index in [2.05, 4.69) is 61.7 Å². The van der Waals surface area contributed by atoms with Crippen LogP contribution in [-0.4, -0.2) is 4.57 Å². The molecule has 0 aliphatic heterocycles. The first kappa shape index (κ1) is 15.1. The maximum Gasteiger partial charge on any atom is 0.0494 e. The van der Waals surface area contributed by atoms with E-state index in [9.17, 15) is 0 Å². The van der Waals surface area contributed by atoms with Crippen LogP contribution in [0.15, 0.2) is 36.4 Å². The zero-order valence-electron chi connectivity index (χ0n) is 14.2. The Hall–Kier alpha value is -1.76. The van der Waals surface area contributed by atoms with Crippen molar-refractivity contribution in [3.8, 4) is 0 Å². The summed E-state index contributed by atoms with van der Waals surface area (Å²) in [7, 11) is 0. The second-order valence-corrected chi connectivity index (χ2v) is 6.34. The zero-order chi connectivity index (χ0) is 15.5. The van der Waals surface area contributed by atoms with Gasteiger partial charge in [-0.15, -0.1) is 0 Å². The Morgan fingerprint density at radius 1 is 0.818 bits per heavy atom. The summed E-state index contributed by atoms with van der Waals surface area (Å²) in [5.41, 5.74) is 5.72. The van der Waals surface area contributed by atoms with Crippen LogP contribution in [0.2, 0.25) is 0 Å². The van der Waals surface area contributed by atoms with Gasteiger partial charge in [0.25, 0.3) is 0 Å². The molecule has 0 saturated carbocycles. The lowest BCUT2D eigenvalue weighted by Gasteiger charge is -2.06. The average molecular weight is 293 g/mol. The van der Waals surface area contributed by atoms with Gasteiger partial charge in [0.2, 0.25) is 0 Å². The molecule has 1 heteroatoms. The largest absolute Gasteiger partial charge is 0.341 e. The van der Waals surface area contributed by atoms with Gasteiger partial charge in [-0.3, -0.25) is 0 Å². The summed E-state index contributed by atoms with van der Waals surface area (Å²) in [4.78, 5) is 0. The van der Waals surface area contributed by atoms with Gasteiger partial charge in [-0.1, -0.05) is 50.5 Å². The molecule has 0 aliphatic carbocycles. The number of hydrogen-bond acceptors (Lipinski definition) is 0. The Morgan fingerprint density at radius 3 is 2.27 bits per heavy atom. The SMILES string of the molecule is CCCCCCc1cccc2c1c1c(C)cccc1n2CC. The van der Waals surface area contributed by atoms with Gasteiger partial charge in [-0.05, 0) is 49.9 Å². The molecule has 0 N–H and O–H groups in total. The van der Waals surface area contributed by atoms with Crippen LogP contribution in [0.4, 0.5) is 0 Å². The van der Waals surface area contributed by atoms with Crippen molar-refractivity contribution in [3.05, 3.63) is 47.5 Å². The third kappa shape index (κ3) is 2.54. The molecule has 0 saturated heterocycles. The third-order valence-corrected chi connectivity index (χ3v) is 4.83. The number of aryl methyl sites for hydroxylation is 3. The minimum absolute atomic E-state index is 1.03. The predicted octanol–water partition coefficient (Wildman–Crippen LogP) is 6.25. The summed E-state index contributed by atoms with van der Waals surface area (Å²) in [5, 5.41) is 2.96. The molecule has 1 nitrogen and oxygen atoms in total. The molecule has 0 fully saturated rings. The number of unbranched alkanes of at least 4 members (excludes halogenated alkanes) is 3. The molecular weight excluding hydrogens is 266 g/mol. The first-order valence-corrected chi connectivity index (χ1v) is 8.77. The van der Waals surface area contributed by atoms with Crippen molar-refractivity contribution in [2.75, 3.05) is 0 Å². The summed E-state index contributed by atoms with van der Waals surface area (Å²) in [6.45, 7) is 7.80. The molecule has 116 valence electrons. The van der Waals surface area contributed by atoms with Crippen LogP contribution >= 0.6 is 0 Å². The second kappa shape index (κ2) is 6.56. The first-order chi connectivity index (χ1) is 10.8. The summed E-state index contributed by atoms with van der Waals surface area (Å²) >= 11 is 0. The number of aromatic nitrogens is 1. The molecule has 0 radical (unpaired) electrons. The Kier molecular flexibility index (Phi) is 4.52. The van der Waals surface area contributed by atoms with E-state index in [1.54, 1.807) is 0 Å². The molecule has 1 heterocycles. The van der Waals surface area contributed by atoms with Gasteiger partial charge in [0, 0.05) is 28.4 Å². The molecule has 3 aromatic rings. The molecule has 1 aromatic heterocycles. The van der Waals surface area contributed by atoms with E-state index in [-0.39, 0.29) is 0 Å². The van der Waals surface area contributed by atoms with Crippen LogP contribution in [0.25, 0.3) is 21.8 Å². The zero-order valence-corrected chi connectivity index (χ0v) is 14.2. The maximum absolute atomic E-state index is 2.47. The van der Waals surface area contributed by atoms with Crippen molar-refractivity contribution in [3.63, 3.8) is 0 Å². The minimum Gasteiger partial charge on any atom is -0.341 e. The predicted molar refractivity (Wildman–Crippen MR) is 97.7 cm³/mol. The highest BCUT2D eigenvalue weighted by molar-refractivity contribution is 6.11. The third-order valence-electron chi connectivity index (χ3n) is 4.83. The van der Waals surface area contributed by atoms with Crippen molar-refractivity contribution in [2.24, 2.45) is 0 Å². The normalized spacial score (nSPS) is 11.6. The highest BCUT2D eigenvalue weighted by Crippen LogP contribution is 2.34. The Labute approximate surface area is 133 Å². The van der Waals surface area contributed by atoms with E-state index in [0.29, 0.717) is 0 Å². The summed E-state index contributed by atoms with van der Waals surface area (Å²) in [6.07, 6.45) is 6.51. The van der Waals surface area contributed by atoms with Gasteiger partial charge in [0.05, 0.1) is 0 Å². The summed E-state index contributed by atoms with van der Waals surface area (Å²) < 4.78 is 2.47. The Balaban J connectivity index is 2.16. The van der Waals surface area contributed by atoms with E-state index in [1.807, 2.05) is 0 Å². The van der Waals surface area contributed by atoms with Crippen LogP contribution in [0, 0.1) is 6.92 Å². The van der Waals surface area contributed by atoms with E-state index >= 15 is 0 Å². The lowest BCUT2D eigenvalue weighted by atomic mass is 9.99. The van der Waals surface area contributed by atoms with Gasteiger partial charge >= 0.3 is 0 Å². The molecule has 3 rings (SSSR count). The molecular formula is C21H27N. The lowest BCUT2D eigenvalue weighted by Crippen LogP contribution is -1.93. The van der Waals surface area contributed by atoms with E-state index < -0.39 is 0 Å². The highest BCUT2D eigenvalue weighted by atomic mass is 15.0. The van der Waals surface area contributed by atoms with Crippen molar-refractivity contribution in [1.29, 1.82) is 0 Å². The number of fused-ring (bicyclic) bond motifs is 3. The van der Waals surface area contributed by atoms with E-state index in [4.69, 9.17) is 0 Å². The minimum atomic E-state index is 1.03. The molecule has 0 spiro atoms. The molecule has 0 aliphatic rings. The second-order valence-electron chi connectivity index (χ2n) is 6.34. The van der Waals surface area contributed by atoms with Crippen LogP contribution < -0.4 is 0 Å². The molecule has 0 amide bonds. The first-order valence-electron chi connectivity index (χ1n) is 8.77. The van der Waals surface area contributed by atoms with Crippen molar-refractivity contribution in [2.45, 2.75) is 59.4 Å². The van der Waals surface area contributed by atoms with E-state index in [0.717, 1.165) is 6.54 Å². The van der Waals surface area contributed by atoms with Crippen LogP contribution in [0.1, 0.15) is 50.7 Å². The standard InChI is InChI=1S/C21H27N/c1-4-6-7-8-12-17-13-10-15-19-21(17)20-16(3)11-9-14-18(20)22(19)5-2/h9-11,13-15H,4-8,12H2,1-3H3. The Bertz CT molecular complexity index is 779. The van der Waals surface area contributed by atoms with Crippen LogP contribution in [0.3, 0.4) is 0 Å². The van der Waals surface area contributed by atoms with Crippen LogP contribution in [0.5, 0.6) is 0 Å². The van der Waals surface area contributed by atoms with Crippen molar-refractivity contribution < 1.29 is 0 Å². The van der Waals surface area contributed by atoms with Crippen molar-refractivity contribution >= 4 is 21.8 Å². The number of hydrogen-bond donors (Lipinski definition) is 0. The van der Waals surface area contributed by atoms with Gasteiger partial charge in [0.15, 0.2) is 0 Å². The van der Waals surface area contributed by atoms with Gasteiger partial charge < -0.3 is 4.57 Å². The number of benzene rings is 2. The Morgan fingerprint density at radius 2 is 1.55 bits per heavy atom. The summed E-state index contributed by atoms with van der Waals surface area (Å²) in [6, 6.07) is 13.6. The molecule has 0 atom stereocenters. The smallest absolute Gasteiger partial charge is 0.0494 e. The lowest BCUT2D eigenvalue weighted by molar-refractivity contribution is 0.668. The molecule has 0 bridgehead atoms. The fourth-order valence-corrected chi connectivity index (χ4v) is 3.72. The topological polar surface area (TPSA) is 4.93 Å².